The number of nitrogens with zero attached hydrogens (tertiary/aromatic N) is 1. The predicted octanol–water partition coefficient (Wildman–Crippen LogP) is 9.12. The Labute approximate surface area is 243 Å². The van der Waals surface area contributed by atoms with Gasteiger partial charge in [0.1, 0.15) is 17.4 Å². The van der Waals surface area contributed by atoms with Crippen molar-refractivity contribution >= 4 is 79.9 Å². The van der Waals surface area contributed by atoms with Crippen LogP contribution in [-0.4, -0.2) is 12.1 Å². The van der Waals surface area contributed by atoms with E-state index in [1.165, 1.54) is 4.88 Å². The van der Waals surface area contributed by atoms with E-state index in [2.05, 4.69) is 27.9 Å². The summed E-state index contributed by atoms with van der Waals surface area (Å²) in [5.41, 5.74) is 4.31. The van der Waals surface area contributed by atoms with Gasteiger partial charge in [-0.15, -0.1) is 11.3 Å². The second-order valence-corrected chi connectivity index (χ2v) is 11.8. The number of benzene rings is 3. The summed E-state index contributed by atoms with van der Waals surface area (Å²) in [5, 5.41) is 5.03. The highest BCUT2D eigenvalue weighted by atomic mass is 127. The molecule has 1 amide bonds. The highest BCUT2D eigenvalue weighted by Gasteiger charge is 2.25. The lowest BCUT2D eigenvalue weighted by Gasteiger charge is -2.13. The number of anilines is 1. The van der Waals surface area contributed by atoms with Gasteiger partial charge in [0.25, 0.3) is 5.91 Å². The topological polar surface area (TPSA) is 50.7 Å². The van der Waals surface area contributed by atoms with Gasteiger partial charge in [0, 0.05) is 32.4 Å². The molecule has 1 aliphatic rings. The average molecular weight is 661 g/mol. The number of fused-ring (bicyclic) bond motifs is 1. The molecule has 4 aromatic rings. The maximum Gasteiger partial charge on any atom is 0.259 e. The van der Waals surface area contributed by atoms with E-state index >= 15 is 0 Å². The van der Waals surface area contributed by atoms with Gasteiger partial charge in [0.15, 0.2) is 0 Å². The summed E-state index contributed by atoms with van der Waals surface area (Å²) in [6.07, 6.45) is 5.83. The van der Waals surface area contributed by atoms with Crippen LogP contribution in [0.1, 0.15) is 44.8 Å². The normalized spacial score (nSPS) is 12.9. The van der Waals surface area contributed by atoms with Crippen molar-refractivity contribution in [2.24, 2.45) is 4.99 Å². The second-order valence-electron chi connectivity index (χ2n) is 8.69. The third-order valence-electron chi connectivity index (χ3n) is 6.07. The number of aryl methyl sites for hydroxylation is 1. The summed E-state index contributed by atoms with van der Waals surface area (Å²) in [6, 6.07) is 20.8. The number of thiophene rings is 1. The molecule has 0 saturated heterocycles. The van der Waals surface area contributed by atoms with Gasteiger partial charge in [-0.2, -0.15) is 0 Å². The summed E-state index contributed by atoms with van der Waals surface area (Å²) >= 11 is 16.2. The molecular weight excluding hydrogens is 638 g/mol. The molecule has 4 nitrogen and oxygen atoms in total. The molecule has 0 atom stereocenters. The number of halogens is 3. The third-order valence-corrected chi connectivity index (χ3v) is 8.54. The van der Waals surface area contributed by atoms with Gasteiger partial charge in [0.2, 0.25) is 0 Å². The first-order valence-electron chi connectivity index (χ1n) is 11.9. The van der Waals surface area contributed by atoms with E-state index in [-0.39, 0.29) is 5.91 Å². The zero-order chi connectivity index (χ0) is 25.8. The van der Waals surface area contributed by atoms with Gasteiger partial charge in [-0.3, -0.25) is 4.79 Å². The van der Waals surface area contributed by atoms with E-state index in [1.807, 2.05) is 66.7 Å². The minimum atomic E-state index is -0.127. The quantitative estimate of drug-likeness (QED) is 0.159. The number of amides is 1. The number of ether oxygens (including phenoxy) is 1. The standard InChI is InChI=1S/C29H23Cl2IN2O2S/c30-20-12-10-18(11-13-20)17-36-27-19(14-21(31)15-24(27)32)16-33-29-26(23-8-4-5-9-25(23)37-29)28(35)34-22-6-2-1-3-7-22/h1-3,6-7,10-16H,4-5,8-9,17H2,(H,34,35). The van der Waals surface area contributed by atoms with E-state index < -0.39 is 0 Å². The number of aliphatic imine (C=N–C) groups is 1. The van der Waals surface area contributed by atoms with Crippen LogP contribution in [0.2, 0.25) is 10.0 Å². The average Bonchev–Trinajstić information content (AvgIpc) is 3.27. The van der Waals surface area contributed by atoms with Crippen molar-refractivity contribution in [2.45, 2.75) is 32.3 Å². The van der Waals surface area contributed by atoms with Crippen LogP contribution in [-0.2, 0) is 19.4 Å². The van der Waals surface area contributed by atoms with Gasteiger partial charge in [0.05, 0.1) is 9.13 Å². The van der Waals surface area contributed by atoms with Crippen LogP contribution in [0.3, 0.4) is 0 Å². The van der Waals surface area contributed by atoms with Crippen molar-refractivity contribution in [1.29, 1.82) is 0 Å². The van der Waals surface area contributed by atoms with Crippen molar-refractivity contribution in [3.8, 4) is 5.75 Å². The number of carbonyl (C=O) groups excluding carboxylic acids is 1. The van der Waals surface area contributed by atoms with Gasteiger partial charge in [-0.25, -0.2) is 4.99 Å². The molecule has 0 bridgehead atoms. The fraction of sp³-hybridized carbons (Fsp3) is 0.172. The highest BCUT2D eigenvalue weighted by Crippen LogP contribution is 2.40. The Bertz CT molecular complexity index is 1450. The van der Waals surface area contributed by atoms with E-state index in [9.17, 15) is 4.79 Å². The monoisotopic (exact) mass is 660 g/mol. The molecule has 1 aliphatic carbocycles. The highest BCUT2D eigenvalue weighted by molar-refractivity contribution is 14.1. The maximum atomic E-state index is 13.4. The van der Waals surface area contributed by atoms with Crippen LogP contribution < -0.4 is 10.1 Å². The molecule has 1 heterocycles. The number of hydrogen-bond acceptors (Lipinski definition) is 4. The van der Waals surface area contributed by atoms with Crippen LogP contribution >= 0.6 is 57.1 Å². The molecule has 37 heavy (non-hydrogen) atoms. The molecule has 0 saturated carbocycles. The Morgan fingerprint density at radius 1 is 1.03 bits per heavy atom. The number of nitrogens with one attached hydrogen (secondary N) is 1. The van der Waals surface area contributed by atoms with Crippen molar-refractivity contribution in [2.75, 3.05) is 5.32 Å². The molecule has 0 fully saturated rings. The van der Waals surface area contributed by atoms with Gasteiger partial charge in [-0.1, -0.05) is 53.5 Å². The van der Waals surface area contributed by atoms with E-state index in [0.29, 0.717) is 33.0 Å². The van der Waals surface area contributed by atoms with Crippen molar-refractivity contribution < 1.29 is 9.53 Å². The van der Waals surface area contributed by atoms with Gasteiger partial charge >= 0.3 is 0 Å². The SMILES string of the molecule is O=C(Nc1ccccc1)c1c(N=Cc2cc(Cl)cc(I)c2OCc2ccc(Cl)cc2)sc2c1CCCC2. The summed E-state index contributed by atoms with van der Waals surface area (Å²) in [5.74, 6) is 0.568. The fourth-order valence-corrected chi connectivity index (χ4v) is 6.85. The molecule has 1 N–H and O–H groups in total. The lowest BCUT2D eigenvalue weighted by molar-refractivity contribution is 0.102. The summed E-state index contributed by atoms with van der Waals surface area (Å²) in [6.45, 7) is 0.383. The van der Waals surface area contributed by atoms with Crippen molar-refractivity contribution in [3.63, 3.8) is 0 Å². The van der Waals surface area contributed by atoms with E-state index in [1.54, 1.807) is 17.6 Å². The lowest BCUT2D eigenvalue weighted by atomic mass is 9.95. The number of hydrogen-bond donors (Lipinski definition) is 1. The summed E-state index contributed by atoms with van der Waals surface area (Å²) in [4.78, 5) is 19.5. The fourth-order valence-electron chi connectivity index (χ4n) is 4.28. The first kappa shape index (κ1) is 26.2. The minimum Gasteiger partial charge on any atom is -0.487 e. The lowest BCUT2D eigenvalue weighted by Crippen LogP contribution is -2.14. The van der Waals surface area contributed by atoms with Crippen LogP contribution in [0.5, 0.6) is 5.75 Å². The molecular formula is C29H23Cl2IN2O2S. The molecule has 0 spiro atoms. The first-order chi connectivity index (χ1) is 18.0. The molecule has 3 aromatic carbocycles. The van der Waals surface area contributed by atoms with E-state index in [4.69, 9.17) is 32.9 Å². The Morgan fingerprint density at radius 2 is 1.78 bits per heavy atom. The number of rotatable bonds is 7. The largest absolute Gasteiger partial charge is 0.487 e. The molecule has 0 radical (unpaired) electrons. The molecule has 8 heteroatoms. The predicted molar refractivity (Wildman–Crippen MR) is 163 cm³/mol. The van der Waals surface area contributed by atoms with Gasteiger partial charge in [-0.05, 0) is 95.8 Å². The van der Waals surface area contributed by atoms with E-state index in [0.717, 1.165) is 51.6 Å². The number of para-hydroxylation sites is 1. The van der Waals surface area contributed by atoms with Crippen LogP contribution in [0.4, 0.5) is 10.7 Å². The molecule has 1 aromatic heterocycles. The van der Waals surface area contributed by atoms with Crippen molar-refractivity contribution in [1.82, 2.24) is 0 Å². The Kier molecular flexibility index (Phi) is 8.49. The Hall–Kier alpha value is -2.39. The van der Waals surface area contributed by atoms with Crippen LogP contribution in [0, 0.1) is 3.57 Å². The smallest absolute Gasteiger partial charge is 0.259 e. The first-order valence-corrected chi connectivity index (χ1v) is 14.5. The Balaban J connectivity index is 1.46. The zero-order valence-electron chi connectivity index (χ0n) is 19.8. The minimum absolute atomic E-state index is 0.127. The van der Waals surface area contributed by atoms with Crippen LogP contribution in [0.25, 0.3) is 0 Å². The molecule has 0 aliphatic heterocycles. The molecule has 188 valence electrons. The number of carbonyl (C=O) groups is 1. The zero-order valence-corrected chi connectivity index (χ0v) is 24.3. The molecule has 0 unspecified atom stereocenters. The van der Waals surface area contributed by atoms with Gasteiger partial charge < -0.3 is 10.1 Å². The Morgan fingerprint density at radius 3 is 2.57 bits per heavy atom. The summed E-state index contributed by atoms with van der Waals surface area (Å²) < 4.78 is 7.08. The van der Waals surface area contributed by atoms with Crippen molar-refractivity contribution in [3.05, 3.63) is 107 Å². The maximum absolute atomic E-state index is 13.4. The molecule has 5 rings (SSSR count). The second kappa shape index (κ2) is 12.0. The summed E-state index contributed by atoms with van der Waals surface area (Å²) in [7, 11) is 0. The third kappa shape index (κ3) is 6.37. The van der Waals surface area contributed by atoms with Crippen LogP contribution in [0.15, 0.2) is 71.7 Å².